The molecule has 1 aliphatic rings. The van der Waals surface area contributed by atoms with Crippen molar-refractivity contribution in [3.8, 4) is 0 Å². The molecule has 1 fully saturated rings. The Morgan fingerprint density at radius 1 is 1.28 bits per heavy atom. The van der Waals surface area contributed by atoms with Crippen LogP contribution in [0.2, 0.25) is 0 Å². The SMILES string of the molecule is CC(NC(=O)N(Cc1ccccc1)C1CCCCC1)c1nncn1C. The van der Waals surface area contributed by atoms with Crippen molar-refractivity contribution < 1.29 is 4.79 Å². The first-order valence-corrected chi connectivity index (χ1v) is 9.10. The average molecular weight is 341 g/mol. The van der Waals surface area contributed by atoms with Crippen molar-refractivity contribution in [3.63, 3.8) is 0 Å². The van der Waals surface area contributed by atoms with Crippen molar-refractivity contribution >= 4 is 6.03 Å². The normalized spacial score (nSPS) is 16.4. The quantitative estimate of drug-likeness (QED) is 0.906. The first-order chi connectivity index (χ1) is 12.1. The highest BCUT2D eigenvalue weighted by atomic mass is 16.2. The molecule has 1 unspecified atom stereocenters. The third kappa shape index (κ3) is 4.38. The highest BCUT2D eigenvalue weighted by Gasteiger charge is 2.27. The number of nitrogens with zero attached hydrogens (tertiary/aromatic N) is 4. The molecule has 1 aliphatic carbocycles. The summed E-state index contributed by atoms with van der Waals surface area (Å²) in [5, 5.41) is 11.1. The number of aryl methyl sites for hydroxylation is 1. The van der Waals surface area contributed by atoms with Gasteiger partial charge in [0.05, 0.1) is 6.04 Å². The number of nitrogens with one attached hydrogen (secondary N) is 1. The highest BCUT2D eigenvalue weighted by molar-refractivity contribution is 5.75. The van der Waals surface area contributed by atoms with Crippen molar-refractivity contribution in [1.29, 1.82) is 0 Å². The van der Waals surface area contributed by atoms with Gasteiger partial charge >= 0.3 is 6.03 Å². The van der Waals surface area contributed by atoms with E-state index in [2.05, 4.69) is 27.6 Å². The molecule has 1 saturated carbocycles. The van der Waals surface area contributed by atoms with Crippen LogP contribution in [0.4, 0.5) is 4.79 Å². The number of aromatic nitrogens is 3. The van der Waals surface area contributed by atoms with Crippen LogP contribution in [0.5, 0.6) is 0 Å². The molecule has 1 atom stereocenters. The zero-order valence-electron chi connectivity index (χ0n) is 15.1. The fourth-order valence-corrected chi connectivity index (χ4v) is 3.56. The molecule has 2 amide bonds. The second-order valence-electron chi connectivity index (χ2n) is 6.88. The Labute approximate surface area is 149 Å². The summed E-state index contributed by atoms with van der Waals surface area (Å²) in [4.78, 5) is 15.0. The smallest absolute Gasteiger partial charge is 0.318 e. The molecule has 6 heteroatoms. The number of hydrogen-bond donors (Lipinski definition) is 1. The summed E-state index contributed by atoms with van der Waals surface area (Å²) in [6, 6.07) is 10.3. The first-order valence-electron chi connectivity index (χ1n) is 9.10. The molecule has 3 rings (SSSR count). The fraction of sp³-hybridized carbons (Fsp3) is 0.526. The Hall–Kier alpha value is -2.37. The van der Waals surface area contributed by atoms with Crippen LogP contribution in [0.1, 0.15) is 56.5 Å². The fourth-order valence-electron chi connectivity index (χ4n) is 3.56. The largest absolute Gasteiger partial charge is 0.328 e. The molecule has 134 valence electrons. The van der Waals surface area contributed by atoms with Gasteiger partial charge in [-0.25, -0.2) is 4.79 Å². The van der Waals surface area contributed by atoms with Gasteiger partial charge in [-0.05, 0) is 25.3 Å². The molecule has 25 heavy (non-hydrogen) atoms. The molecular weight excluding hydrogens is 314 g/mol. The van der Waals surface area contributed by atoms with E-state index in [1.54, 1.807) is 6.33 Å². The molecule has 0 saturated heterocycles. The maximum absolute atomic E-state index is 13.0. The lowest BCUT2D eigenvalue weighted by Crippen LogP contribution is -2.47. The number of carbonyl (C=O) groups is 1. The van der Waals surface area contributed by atoms with Crippen LogP contribution in [0.25, 0.3) is 0 Å². The summed E-state index contributed by atoms with van der Waals surface area (Å²) in [5.41, 5.74) is 1.16. The summed E-state index contributed by atoms with van der Waals surface area (Å²) >= 11 is 0. The first kappa shape index (κ1) is 17.5. The van der Waals surface area contributed by atoms with E-state index in [0.29, 0.717) is 12.6 Å². The molecule has 1 aromatic carbocycles. The maximum atomic E-state index is 13.0. The number of benzene rings is 1. The molecular formula is C19H27N5O. The summed E-state index contributed by atoms with van der Waals surface area (Å²) in [6.45, 7) is 2.59. The van der Waals surface area contributed by atoms with Gasteiger partial charge < -0.3 is 14.8 Å². The number of carbonyl (C=O) groups excluding carboxylic acids is 1. The van der Waals surface area contributed by atoms with Gasteiger partial charge in [-0.3, -0.25) is 0 Å². The molecule has 2 aromatic rings. The van der Waals surface area contributed by atoms with Crippen LogP contribution in [0.3, 0.4) is 0 Å². The van der Waals surface area contributed by atoms with Crippen LogP contribution in [-0.2, 0) is 13.6 Å². The van der Waals surface area contributed by atoms with E-state index in [-0.39, 0.29) is 12.1 Å². The van der Waals surface area contributed by atoms with Crippen LogP contribution < -0.4 is 5.32 Å². The maximum Gasteiger partial charge on any atom is 0.318 e. The molecule has 1 N–H and O–H groups in total. The average Bonchev–Trinajstić information content (AvgIpc) is 3.07. The Kier molecular flexibility index (Phi) is 5.68. The zero-order valence-corrected chi connectivity index (χ0v) is 15.1. The molecule has 1 aromatic heterocycles. The predicted molar refractivity (Wildman–Crippen MR) is 96.8 cm³/mol. The molecule has 0 bridgehead atoms. The van der Waals surface area contributed by atoms with Crippen LogP contribution >= 0.6 is 0 Å². The van der Waals surface area contributed by atoms with Gasteiger partial charge in [-0.15, -0.1) is 10.2 Å². The molecule has 0 aliphatic heterocycles. The van der Waals surface area contributed by atoms with Crippen LogP contribution in [0, 0.1) is 0 Å². The third-order valence-corrected chi connectivity index (χ3v) is 4.95. The number of urea groups is 1. The van der Waals surface area contributed by atoms with Gasteiger partial charge in [0.1, 0.15) is 6.33 Å². The number of rotatable bonds is 5. The van der Waals surface area contributed by atoms with Gasteiger partial charge in [0.15, 0.2) is 5.82 Å². The second-order valence-corrected chi connectivity index (χ2v) is 6.88. The van der Waals surface area contributed by atoms with Crippen molar-refractivity contribution in [3.05, 3.63) is 48.0 Å². The Morgan fingerprint density at radius 3 is 2.64 bits per heavy atom. The molecule has 6 nitrogen and oxygen atoms in total. The lowest BCUT2D eigenvalue weighted by molar-refractivity contribution is 0.148. The van der Waals surface area contributed by atoms with E-state index in [1.807, 2.05) is 41.6 Å². The van der Waals surface area contributed by atoms with Crippen molar-refractivity contribution in [1.82, 2.24) is 25.0 Å². The van der Waals surface area contributed by atoms with Gasteiger partial charge in [0.25, 0.3) is 0 Å². The third-order valence-electron chi connectivity index (χ3n) is 4.95. The van der Waals surface area contributed by atoms with E-state index in [9.17, 15) is 4.79 Å². The van der Waals surface area contributed by atoms with E-state index in [1.165, 1.54) is 19.3 Å². The monoisotopic (exact) mass is 341 g/mol. The summed E-state index contributed by atoms with van der Waals surface area (Å²) < 4.78 is 1.84. The van der Waals surface area contributed by atoms with Crippen molar-refractivity contribution in [2.24, 2.45) is 7.05 Å². The van der Waals surface area contributed by atoms with Crippen molar-refractivity contribution in [2.75, 3.05) is 0 Å². The minimum atomic E-state index is -0.179. The topological polar surface area (TPSA) is 63.1 Å². The molecule has 1 heterocycles. The van der Waals surface area contributed by atoms with E-state index >= 15 is 0 Å². The number of amides is 2. The second kappa shape index (κ2) is 8.14. The zero-order chi connectivity index (χ0) is 17.6. The Morgan fingerprint density at radius 2 is 2.00 bits per heavy atom. The molecule has 0 radical (unpaired) electrons. The van der Waals surface area contributed by atoms with Crippen molar-refractivity contribution in [2.45, 2.75) is 57.7 Å². The standard InChI is InChI=1S/C19H27N5O/c1-15(18-22-20-14-23(18)2)21-19(25)24(17-11-7-4-8-12-17)13-16-9-5-3-6-10-16/h3,5-6,9-10,14-15,17H,4,7-8,11-13H2,1-2H3,(H,21,25). The van der Waals surface area contributed by atoms with Crippen LogP contribution in [0.15, 0.2) is 36.7 Å². The van der Waals surface area contributed by atoms with Gasteiger partial charge in [0, 0.05) is 19.6 Å². The summed E-state index contributed by atoms with van der Waals surface area (Å²) in [5.74, 6) is 0.761. The Balaban J connectivity index is 1.73. The molecule has 0 spiro atoms. The summed E-state index contributed by atoms with van der Waals surface area (Å²) in [7, 11) is 1.89. The summed E-state index contributed by atoms with van der Waals surface area (Å²) in [6.07, 6.45) is 7.48. The predicted octanol–water partition coefficient (Wildman–Crippen LogP) is 3.42. The van der Waals surface area contributed by atoms with Crippen LogP contribution in [-0.4, -0.2) is 31.7 Å². The van der Waals surface area contributed by atoms with Gasteiger partial charge in [0.2, 0.25) is 0 Å². The van der Waals surface area contributed by atoms with E-state index in [4.69, 9.17) is 0 Å². The highest BCUT2D eigenvalue weighted by Crippen LogP contribution is 2.24. The van der Waals surface area contributed by atoms with E-state index in [0.717, 1.165) is 24.2 Å². The Bertz CT molecular complexity index is 678. The van der Waals surface area contributed by atoms with Gasteiger partial charge in [-0.2, -0.15) is 0 Å². The van der Waals surface area contributed by atoms with E-state index < -0.39 is 0 Å². The minimum Gasteiger partial charge on any atom is -0.328 e. The lowest BCUT2D eigenvalue weighted by atomic mass is 9.94. The lowest BCUT2D eigenvalue weighted by Gasteiger charge is -2.35. The number of hydrogen-bond acceptors (Lipinski definition) is 3. The van der Waals surface area contributed by atoms with Gasteiger partial charge in [-0.1, -0.05) is 49.6 Å². The minimum absolute atomic E-state index is 0.0220.